The van der Waals surface area contributed by atoms with Gasteiger partial charge in [-0.25, -0.2) is 5.84 Å². The predicted octanol–water partition coefficient (Wildman–Crippen LogP) is 2.95. The van der Waals surface area contributed by atoms with Gasteiger partial charge in [-0.3, -0.25) is 10.4 Å². The number of benzene rings is 1. The smallest absolute Gasteiger partial charge is 0.208 e. The van der Waals surface area contributed by atoms with Crippen LogP contribution in [0.5, 0.6) is 0 Å². The van der Waals surface area contributed by atoms with Gasteiger partial charge in [-0.2, -0.15) is 0 Å². The van der Waals surface area contributed by atoms with Crippen molar-refractivity contribution in [3.8, 4) is 0 Å². The third-order valence-corrected chi connectivity index (χ3v) is 3.52. The van der Waals surface area contributed by atoms with Crippen LogP contribution < -0.4 is 11.3 Å². The fourth-order valence-corrected chi connectivity index (χ4v) is 2.10. The number of hydrogen-bond donors (Lipinski definition) is 2. The van der Waals surface area contributed by atoms with Crippen LogP contribution in [-0.4, -0.2) is 24.5 Å². The van der Waals surface area contributed by atoms with Crippen LogP contribution in [0, 0.1) is 0 Å². The Morgan fingerprint density at radius 3 is 2.74 bits per heavy atom. The van der Waals surface area contributed by atoms with E-state index in [0.717, 1.165) is 30.0 Å². The number of nitrogens with zero attached hydrogens (tertiary/aromatic N) is 2. The van der Waals surface area contributed by atoms with Crippen molar-refractivity contribution in [3.63, 3.8) is 0 Å². The first-order chi connectivity index (χ1) is 9.11. The minimum Gasteiger partial charge on any atom is -0.338 e. The largest absolute Gasteiger partial charge is 0.338 e. The summed E-state index contributed by atoms with van der Waals surface area (Å²) in [7, 11) is 1.96. The first kappa shape index (κ1) is 15.8. The highest BCUT2D eigenvalue weighted by Gasteiger charge is 2.17. The molecular weight excluding hydrogens is 260 g/mol. The van der Waals surface area contributed by atoms with Gasteiger partial charge >= 0.3 is 0 Å². The van der Waals surface area contributed by atoms with Crippen molar-refractivity contribution in [2.45, 2.75) is 32.7 Å². The molecule has 1 aromatic carbocycles. The van der Waals surface area contributed by atoms with E-state index < -0.39 is 0 Å². The van der Waals surface area contributed by atoms with Crippen molar-refractivity contribution in [2.75, 3.05) is 13.6 Å². The topological polar surface area (TPSA) is 53.6 Å². The number of guanidine groups is 1. The normalized spacial score (nSPS) is 13.2. The summed E-state index contributed by atoms with van der Waals surface area (Å²) in [6.07, 6.45) is 2.17. The molecule has 0 saturated carbocycles. The van der Waals surface area contributed by atoms with Crippen LogP contribution in [-0.2, 0) is 0 Å². The van der Waals surface area contributed by atoms with Crippen LogP contribution in [0.2, 0.25) is 5.02 Å². The van der Waals surface area contributed by atoms with Crippen LogP contribution in [0.3, 0.4) is 0 Å². The molecule has 0 spiro atoms. The van der Waals surface area contributed by atoms with E-state index in [1.165, 1.54) is 0 Å². The van der Waals surface area contributed by atoms with Crippen LogP contribution in [0.1, 0.15) is 38.3 Å². The average molecular weight is 283 g/mol. The number of nitrogens with one attached hydrogen (secondary N) is 1. The molecule has 0 saturated heterocycles. The van der Waals surface area contributed by atoms with E-state index in [2.05, 4.69) is 24.3 Å². The minimum absolute atomic E-state index is 0.102. The van der Waals surface area contributed by atoms with E-state index in [1.54, 1.807) is 0 Å². The van der Waals surface area contributed by atoms with Gasteiger partial charge in [0.2, 0.25) is 5.96 Å². The molecule has 0 heterocycles. The number of rotatable bonds is 5. The summed E-state index contributed by atoms with van der Waals surface area (Å²) >= 11 is 6.22. The molecule has 0 radical (unpaired) electrons. The van der Waals surface area contributed by atoms with Gasteiger partial charge in [-0.05, 0) is 25.0 Å². The van der Waals surface area contributed by atoms with E-state index in [9.17, 15) is 0 Å². The van der Waals surface area contributed by atoms with Gasteiger partial charge in [0, 0.05) is 18.6 Å². The highest BCUT2D eigenvalue weighted by atomic mass is 35.5. The molecule has 19 heavy (non-hydrogen) atoms. The molecule has 0 amide bonds. The second kappa shape index (κ2) is 8.02. The third kappa shape index (κ3) is 4.40. The second-order valence-electron chi connectivity index (χ2n) is 4.51. The van der Waals surface area contributed by atoms with Crippen LogP contribution >= 0.6 is 11.6 Å². The monoisotopic (exact) mass is 282 g/mol. The first-order valence-corrected chi connectivity index (χ1v) is 6.97. The fraction of sp³-hybridized carbons (Fsp3) is 0.500. The molecule has 106 valence electrons. The second-order valence-corrected chi connectivity index (χ2v) is 4.92. The van der Waals surface area contributed by atoms with E-state index in [1.807, 2.05) is 36.2 Å². The Morgan fingerprint density at radius 2 is 2.16 bits per heavy atom. The Morgan fingerprint density at radius 1 is 1.47 bits per heavy atom. The van der Waals surface area contributed by atoms with Crippen LogP contribution in [0.15, 0.2) is 29.3 Å². The Hall–Kier alpha value is -1.26. The van der Waals surface area contributed by atoms with Gasteiger partial charge in [-0.1, -0.05) is 43.1 Å². The lowest BCUT2D eigenvalue weighted by Crippen LogP contribution is -2.44. The van der Waals surface area contributed by atoms with E-state index >= 15 is 0 Å². The Balaban J connectivity index is 2.82. The molecular formula is C14H23ClN4. The molecule has 5 heteroatoms. The molecule has 1 aromatic rings. The predicted molar refractivity (Wildman–Crippen MR) is 82.2 cm³/mol. The molecule has 1 unspecified atom stereocenters. The quantitative estimate of drug-likeness (QED) is 0.287. The lowest BCUT2D eigenvalue weighted by molar-refractivity contribution is 0.387. The van der Waals surface area contributed by atoms with E-state index in [0.29, 0.717) is 5.96 Å². The van der Waals surface area contributed by atoms with E-state index in [4.69, 9.17) is 17.4 Å². The maximum atomic E-state index is 6.22. The maximum Gasteiger partial charge on any atom is 0.208 e. The summed E-state index contributed by atoms with van der Waals surface area (Å²) < 4.78 is 0. The third-order valence-electron chi connectivity index (χ3n) is 3.17. The first-order valence-electron chi connectivity index (χ1n) is 6.60. The molecule has 3 N–H and O–H groups in total. The summed E-state index contributed by atoms with van der Waals surface area (Å²) in [6, 6.07) is 7.92. The van der Waals surface area contributed by atoms with E-state index in [-0.39, 0.29) is 6.04 Å². The van der Waals surface area contributed by atoms with Gasteiger partial charge < -0.3 is 4.90 Å². The van der Waals surface area contributed by atoms with Gasteiger partial charge in [0.15, 0.2) is 0 Å². The molecule has 0 bridgehead atoms. The standard InChI is InChI=1S/C14H23ClN4/c1-4-5-10-17-14(18-16)19(3)11(2)12-8-6-7-9-13(12)15/h6-9,11H,4-5,10,16H2,1-3H3,(H,17,18). The number of aliphatic imine (C=N–C) groups is 1. The van der Waals surface area contributed by atoms with Crippen LogP contribution in [0.25, 0.3) is 0 Å². The molecule has 0 aliphatic carbocycles. The summed E-state index contributed by atoms with van der Waals surface area (Å²) in [5.74, 6) is 6.24. The molecule has 1 atom stereocenters. The molecule has 0 aliphatic heterocycles. The van der Waals surface area contributed by atoms with Gasteiger partial charge in [0.25, 0.3) is 0 Å². The fourth-order valence-electron chi connectivity index (χ4n) is 1.81. The molecule has 1 rings (SSSR count). The highest BCUT2D eigenvalue weighted by Crippen LogP contribution is 2.26. The van der Waals surface area contributed by atoms with Crippen molar-refractivity contribution in [2.24, 2.45) is 10.8 Å². The lowest BCUT2D eigenvalue weighted by atomic mass is 10.1. The van der Waals surface area contributed by atoms with Gasteiger partial charge in [0.05, 0.1) is 6.04 Å². The molecule has 0 aromatic heterocycles. The molecule has 0 aliphatic rings. The van der Waals surface area contributed by atoms with Crippen LogP contribution in [0.4, 0.5) is 0 Å². The van der Waals surface area contributed by atoms with Crippen molar-refractivity contribution in [1.29, 1.82) is 0 Å². The zero-order chi connectivity index (χ0) is 14.3. The zero-order valence-electron chi connectivity index (χ0n) is 11.9. The van der Waals surface area contributed by atoms with Crippen molar-refractivity contribution in [3.05, 3.63) is 34.9 Å². The van der Waals surface area contributed by atoms with Gasteiger partial charge in [0.1, 0.15) is 0 Å². The Bertz CT molecular complexity index is 420. The molecule has 4 nitrogen and oxygen atoms in total. The maximum absolute atomic E-state index is 6.22. The van der Waals surface area contributed by atoms with Crippen molar-refractivity contribution >= 4 is 17.6 Å². The average Bonchev–Trinajstić information content (AvgIpc) is 2.43. The number of hydrazine groups is 1. The zero-order valence-corrected chi connectivity index (χ0v) is 12.6. The Kier molecular flexibility index (Phi) is 6.67. The summed E-state index contributed by atoms with van der Waals surface area (Å²) in [4.78, 5) is 6.47. The number of unbranched alkanes of at least 4 members (excludes halogenated alkanes) is 1. The van der Waals surface area contributed by atoms with Gasteiger partial charge in [-0.15, -0.1) is 0 Å². The van der Waals surface area contributed by atoms with Crippen molar-refractivity contribution < 1.29 is 0 Å². The highest BCUT2D eigenvalue weighted by molar-refractivity contribution is 6.31. The minimum atomic E-state index is 0.102. The number of hydrogen-bond acceptors (Lipinski definition) is 2. The SMILES string of the molecule is CCCCN=C(NN)N(C)C(C)c1ccccc1Cl. The number of nitrogens with two attached hydrogens (primary N) is 1. The summed E-state index contributed by atoms with van der Waals surface area (Å²) in [5, 5.41) is 0.756. The summed E-state index contributed by atoms with van der Waals surface area (Å²) in [5.41, 5.74) is 3.72. The lowest BCUT2D eigenvalue weighted by Gasteiger charge is -2.28. The van der Waals surface area contributed by atoms with Crippen molar-refractivity contribution in [1.82, 2.24) is 10.3 Å². The summed E-state index contributed by atoms with van der Waals surface area (Å²) in [6.45, 7) is 4.99. The molecule has 0 fully saturated rings. The number of halogens is 1. The Labute approximate surface area is 120 Å².